The molecule has 1 amide bonds. The summed E-state index contributed by atoms with van der Waals surface area (Å²) >= 11 is 7.97. The third-order valence-corrected chi connectivity index (χ3v) is 5.43. The Hall–Kier alpha value is -2.69. The van der Waals surface area contributed by atoms with Crippen LogP contribution in [0.25, 0.3) is 20.8 Å². The summed E-state index contributed by atoms with van der Waals surface area (Å²) < 4.78 is 1.10. The molecule has 0 saturated carbocycles. The highest BCUT2D eigenvalue weighted by molar-refractivity contribution is 7.21. The molecule has 3 nitrogen and oxygen atoms in total. The molecule has 0 saturated heterocycles. The van der Waals surface area contributed by atoms with Crippen molar-refractivity contribution in [1.29, 1.82) is 0 Å². The lowest BCUT2D eigenvalue weighted by Gasteiger charge is -2.08. The van der Waals surface area contributed by atoms with Crippen molar-refractivity contribution < 1.29 is 4.79 Å². The highest BCUT2D eigenvalue weighted by Gasteiger charge is 2.12. The van der Waals surface area contributed by atoms with Gasteiger partial charge in [0.25, 0.3) is 5.91 Å². The number of anilines is 1. The van der Waals surface area contributed by atoms with Crippen molar-refractivity contribution in [2.75, 3.05) is 5.32 Å². The molecule has 1 heterocycles. The molecule has 0 bridgehead atoms. The molecule has 5 heteroatoms. The van der Waals surface area contributed by atoms with Crippen molar-refractivity contribution in [2.45, 2.75) is 6.92 Å². The summed E-state index contributed by atoms with van der Waals surface area (Å²) in [5.74, 6) is -0.147. The zero-order valence-corrected chi connectivity index (χ0v) is 15.6. The molecule has 0 atom stereocenters. The summed E-state index contributed by atoms with van der Waals surface area (Å²) in [4.78, 5) is 17.1. The van der Waals surface area contributed by atoms with Gasteiger partial charge in [0.1, 0.15) is 5.01 Å². The Morgan fingerprint density at radius 3 is 2.69 bits per heavy atom. The first-order chi connectivity index (χ1) is 12.6. The minimum Gasteiger partial charge on any atom is -0.322 e. The zero-order chi connectivity index (χ0) is 18.1. The molecule has 128 valence electrons. The SMILES string of the molecule is Cc1cccc(C(=O)Nc2ccc(Cl)c(-c3nc4ccccc4s3)c2)c1. The van der Waals surface area contributed by atoms with E-state index in [0.29, 0.717) is 16.3 Å². The second kappa shape index (κ2) is 6.90. The van der Waals surface area contributed by atoms with Gasteiger partial charge < -0.3 is 5.32 Å². The molecule has 3 aromatic carbocycles. The number of fused-ring (bicyclic) bond motifs is 1. The molecular weight excluding hydrogens is 364 g/mol. The maximum absolute atomic E-state index is 12.5. The Morgan fingerprint density at radius 1 is 1.04 bits per heavy atom. The van der Waals surface area contributed by atoms with Crippen molar-refractivity contribution in [2.24, 2.45) is 0 Å². The van der Waals surface area contributed by atoms with Gasteiger partial charge in [-0.2, -0.15) is 0 Å². The van der Waals surface area contributed by atoms with Crippen LogP contribution < -0.4 is 5.32 Å². The van der Waals surface area contributed by atoms with E-state index in [1.807, 2.05) is 55.5 Å². The molecule has 4 rings (SSSR count). The Labute approximate surface area is 160 Å². The first kappa shape index (κ1) is 16.8. The minimum absolute atomic E-state index is 0.147. The van der Waals surface area contributed by atoms with Gasteiger partial charge in [0, 0.05) is 16.8 Å². The third-order valence-electron chi connectivity index (χ3n) is 4.03. The summed E-state index contributed by atoms with van der Waals surface area (Å²) in [6.07, 6.45) is 0. The number of para-hydroxylation sites is 1. The van der Waals surface area contributed by atoms with E-state index in [2.05, 4.69) is 10.3 Å². The number of rotatable bonds is 3. The van der Waals surface area contributed by atoms with Crippen LogP contribution >= 0.6 is 22.9 Å². The lowest BCUT2D eigenvalue weighted by atomic mass is 10.1. The number of hydrogen-bond acceptors (Lipinski definition) is 3. The normalized spacial score (nSPS) is 10.8. The largest absolute Gasteiger partial charge is 0.322 e. The fraction of sp³-hybridized carbons (Fsp3) is 0.0476. The van der Waals surface area contributed by atoms with Gasteiger partial charge >= 0.3 is 0 Å². The molecular formula is C21H15ClN2OS. The van der Waals surface area contributed by atoms with Gasteiger partial charge in [-0.1, -0.05) is 41.4 Å². The number of hydrogen-bond donors (Lipinski definition) is 1. The number of nitrogens with one attached hydrogen (secondary N) is 1. The number of thiazole rings is 1. The topological polar surface area (TPSA) is 42.0 Å². The standard InChI is InChI=1S/C21H15ClN2OS/c1-13-5-4-6-14(11-13)20(25)23-15-9-10-17(22)16(12-15)21-24-18-7-2-3-8-19(18)26-21/h2-12H,1H3,(H,23,25). The smallest absolute Gasteiger partial charge is 0.255 e. The van der Waals surface area contributed by atoms with Gasteiger partial charge in [-0.15, -0.1) is 11.3 Å². The van der Waals surface area contributed by atoms with Crippen molar-refractivity contribution in [3.63, 3.8) is 0 Å². The van der Waals surface area contributed by atoms with Crippen LogP contribution in [0.15, 0.2) is 66.7 Å². The van der Waals surface area contributed by atoms with E-state index in [1.54, 1.807) is 29.5 Å². The molecule has 0 radical (unpaired) electrons. The van der Waals surface area contributed by atoms with Gasteiger partial charge in [-0.05, 0) is 49.4 Å². The van der Waals surface area contributed by atoms with E-state index < -0.39 is 0 Å². The minimum atomic E-state index is -0.147. The summed E-state index contributed by atoms with van der Waals surface area (Å²) in [6, 6.07) is 20.9. The highest BCUT2D eigenvalue weighted by atomic mass is 35.5. The zero-order valence-electron chi connectivity index (χ0n) is 14.0. The Bertz CT molecular complexity index is 1090. The Balaban J connectivity index is 1.67. The van der Waals surface area contributed by atoms with E-state index in [9.17, 15) is 4.79 Å². The van der Waals surface area contributed by atoms with E-state index in [1.165, 1.54) is 0 Å². The van der Waals surface area contributed by atoms with Crippen molar-refractivity contribution in [1.82, 2.24) is 4.98 Å². The van der Waals surface area contributed by atoms with Crippen LogP contribution in [-0.4, -0.2) is 10.9 Å². The van der Waals surface area contributed by atoms with Crippen LogP contribution in [0, 0.1) is 6.92 Å². The van der Waals surface area contributed by atoms with Crippen LogP contribution in [0.1, 0.15) is 15.9 Å². The number of aryl methyl sites for hydroxylation is 1. The van der Waals surface area contributed by atoms with Gasteiger partial charge in [0.2, 0.25) is 0 Å². The summed E-state index contributed by atoms with van der Waals surface area (Å²) in [7, 11) is 0. The van der Waals surface area contributed by atoms with Crippen molar-refractivity contribution >= 4 is 44.7 Å². The second-order valence-corrected chi connectivity index (χ2v) is 7.44. The fourth-order valence-electron chi connectivity index (χ4n) is 2.74. The molecule has 0 unspecified atom stereocenters. The second-order valence-electron chi connectivity index (χ2n) is 6.00. The number of halogens is 1. The number of aromatic nitrogens is 1. The monoisotopic (exact) mass is 378 g/mol. The Morgan fingerprint density at radius 2 is 1.88 bits per heavy atom. The van der Waals surface area contributed by atoms with Crippen LogP contribution in [-0.2, 0) is 0 Å². The lowest BCUT2D eigenvalue weighted by molar-refractivity contribution is 0.102. The first-order valence-electron chi connectivity index (χ1n) is 8.14. The van der Waals surface area contributed by atoms with Crippen LogP contribution in [0.5, 0.6) is 0 Å². The van der Waals surface area contributed by atoms with Gasteiger partial charge in [-0.3, -0.25) is 4.79 Å². The number of carbonyl (C=O) groups excluding carboxylic acids is 1. The number of carbonyl (C=O) groups is 1. The molecule has 0 aliphatic rings. The van der Waals surface area contributed by atoms with E-state index in [4.69, 9.17) is 11.6 Å². The van der Waals surface area contributed by atoms with Crippen molar-refractivity contribution in [3.8, 4) is 10.6 Å². The Kier molecular flexibility index (Phi) is 4.45. The summed E-state index contributed by atoms with van der Waals surface area (Å²) in [5.41, 5.74) is 4.12. The molecule has 26 heavy (non-hydrogen) atoms. The maximum atomic E-state index is 12.5. The molecule has 1 aromatic heterocycles. The van der Waals surface area contributed by atoms with Crippen molar-refractivity contribution in [3.05, 3.63) is 82.9 Å². The van der Waals surface area contributed by atoms with E-state index in [-0.39, 0.29) is 5.91 Å². The molecule has 0 aliphatic carbocycles. The highest BCUT2D eigenvalue weighted by Crippen LogP contribution is 2.35. The summed E-state index contributed by atoms with van der Waals surface area (Å²) in [5, 5.41) is 4.38. The van der Waals surface area contributed by atoms with E-state index in [0.717, 1.165) is 26.4 Å². The quantitative estimate of drug-likeness (QED) is 0.462. The molecule has 0 spiro atoms. The van der Waals surface area contributed by atoms with Crippen LogP contribution in [0.3, 0.4) is 0 Å². The van der Waals surface area contributed by atoms with Crippen LogP contribution in [0.2, 0.25) is 5.02 Å². The number of nitrogens with zero attached hydrogens (tertiary/aromatic N) is 1. The molecule has 0 aliphatic heterocycles. The predicted octanol–water partition coefficient (Wildman–Crippen LogP) is 6.18. The molecule has 4 aromatic rings. The lowest BCUT2D eigenvalue weighted by Crippen LogP contribution is -2.11. The number of amides is 1. The fourth-order valence-corrected chi connectivity index (χ4v) is 4.00. The van der Waals surface area contributed by atoms with E-state index >= 15 is 0 Å². The number of benzene rings is 3. The third kappa shape index (κ3) is 3.34. The predicted molar refractivity (Wildman–Crippen MR) is 109 cm³/mol. The molecule has 0 fully saturated rings. The average Bonchev–Trinajstić information content (AvgIpc) is 3.07. The maximum Gasteiger partial charge on any atom is 0.255 e. The van der Waals surface area contributed by atoms with Gasteiger partial charge in [0.05, 0.1) is 15.2 Å². The molecule has 1 N–H and O–H groups in total. The average molecular weight is 379 g/mol. The van der Waals surface area contributed by atoms with Gasteiger partial charge in [-0.25, -0.2) is 4.98 Å². The first-order valence-corrected chi connectivity index (χ1v) is 9.33. The summed E-state index contributed by atoms with van der Waals surface area (Å²) in [6.45, 7) is 1.96. The van der Waals surface area contributed by atoms with Gasteiger partial charge in [0.15, 0.2) is 0 Å². The van der Waals surface area contributed by atoms with Crippen LogP contribution in [0.4, 0.5) is 5.69 Å².